The minimum Gasteiger partial charge on any atom is -0.502 e. The quantitative estimate of drug-likeness (QED) is 0.905. The lowest BCUT2D eigenvalue weighted by Crippen LogP contribution is -2.31. The Morgan fingerprint density at radius 1 is 1.21 bits per heavy atom. The summed E-state index contributed by atoms with van der Waals surface area (Å²) in [5, 5.41) is 9.92. The Morgan fingerprint density at radius 2 is 1.89 bits per heavy atom. The summed E-state index contributed by atoms with van der Waals surface area (Å²) < 4.78 is 10.4. The first-order valence-corrected chi connectivity index (χ1v) is 6.89. The van der Waals surface area contributed by atoms with Crippen LogP contribution >= 0.6 is 0 Å². The second-order valence-corrected chi connectivity index (χ2v) is 5.61. The Bertz CT molecular complexity index is 449. The Balaban J connectivity index is 1.80. The van der Waals surface area contributed by atoms with E-state index in [4.69, 9.17) is 9.47 Å². The maximum atomic E-state index is 9.92. The third kappa shape index (κ3) is 2.25. The fourth-order valence-corrected chi connectivity index (χ4v) is 3.49. The van der Waals surface area contributed by atoms with E-state index in [1.54, 1.807) is 14.2 Å². The van der Waals surface area contributed by atoms with E-state index in [1.165, 1.54) is 25.8 Å². The number of methoxy groups -OCH3 is 2. The van der Waals surface area contributed by atoms with E-state index in [9.17, 15) is 5.11 Å². The molecule has 2 bridgehead atoms. The molecular weight excluding hydrogens is 242 g/mol. The molecule has 4 nitrogen and oxygen atoms in total. The van der Waals surface area contributed by atoms with Gasteiger partial charge in [0.25, 0.3) is 0 Å². The zero-order chi connectivity index (χ0) is 13.4. The van der Waals surface area contributed by atoms with Crippen molar-refractivity contribution in [3.63, 3.8) is 0 Å². The van der Waals surface area contributed by atoms with Crippen molar-refractivity contribution in [3.05, 3.63) is 17.7 Å². The topological polar surface area (TPSA) is 41.9 Å². The summed E-state index contributed by atoms with van der Waals surface area (Å²) in [6.07, 6.45) is 4.08. The van der Waals surface area contributed by atoms with Gasteiger partial charge in [-0.2, -0.15) is 0 Å². The molecule has 1 saturated heterocycles. The number of hydrogen-bond acceptors (Lipinski definition) is 4. The van der Waals surface area contributed by atoms with Crippen molar-refractivity contribution in [2.45, 2.75) is 31.8 Å². The van der Waals surface area contributed by atoms with Crippen molar-refractivity contribution in [1.29, 1.82) is 0 Å². The van der Waals surface area contributed by atoms with E-state index in [0.29, 0.717) is 11.5 Å². The molecule has 0 aromatic heterocycles. The summed E-state index contributed by atoms with van der Waals surface area (Å²) in [5.74, 6) is 1.94. The van der Waals surface area contributed by atoms with Crippen LogP contribution in [-0.4, -0.2) is 36.8 Å². The lowest BCUT2D eigenvalue weighted by Gasteiger charge is -2.27. The predicted molar refractivity (Wildman–Crippen MR) is 72.7 cm³/mol. The molecule has 4 heteroatoms. The number of likely N-dealkylation sites (tertiary alicyclic amines) is 1. The molecule has 19 heavy (non-hydrogen) atoms. The highest BCUT2D eigenvalue weighted by atomic mass is 16.5. The second kappa shape index (κ2) is 4.93. The molecule has 1 aromatic carbocycles. The van der Waals surface area contributed by atoms with Crippen LogP contribution in [0.5, 0.6) is 17.2 Å². The summed E-state index contributed by atoms with van der Waals surface area (Å²) in [4.78, 5) is 2.54. The van der Waals surface area contributed by atoms with Crippen LogP contribution in [0.3, 0.4) is 0 Å². The van der Waals surface area contributed by atoms with Crippen LogP contribution in [0.4, 0.5) is 0 Å². The number of fused-ring (bicyclic) bond motifs is 2. The van der Waals surface area contributed by atoms with Crippen LogP contribution in [-0.2, 0) is 6.54 Å². The zero-order valence-corrected chi connectivity index (χ0v) is 11.6. The number of hydrogen-bond donors (Lipinski definition) is 1. The molecular formula is C15H21NO3. The van der Waals surface area contributed by atoms with Crippen molar-refractivity contribution in [2.24, 2.45) is 5.92 Å². The molecule has 2 atom stereocenters. The van der Waals surface area contributed by atoms with Gasteiger partial charge < -0.3 is 14.6 Å². The van der Waals surface area contributed by atoms with Gasteiger partial charge in [0.05, 0.1) is 14.2 Å². The number of rotatable bonds is 4. The van der Waals surface area contributed by atoms with Gasteiger partial charge in [0.2, 0.25) is 5.75 Å². The van der Waals surface area contributed by atoms with E-state index < -0.39 is 0 Å². The molecule has 1 saturated carbocycles. The molecule has 0 spiro atoms. The molecule has 0 radical (unpaired) electrons. The number of phenolic OH excluding ortho intramolecular Hbond substituents is 1. The van der Waals surface area contributed by atoms with Crippen molar-refractivity contribution in [2.75, 3.05) is 20.8 Å². The van der Waals surface area contributed by atoms with E-state index in [2.05, 4.69) is 4.90 Å². The van der Waals surface area contributed by atoms with Crippen LogP contribution in [0.25, 0.3) is 0 Å². The smallest absolute Gasteiger partial charge is 0.200 e. The van der Waals surface area contributed by atoms with Gasteiger partial charge in [-0.3, -0.25) is 4.90 Å². The van der Waals surface area contributed by atoms with E-state index in [1.807, 2.05) is 12.1 Å². The molecule has 2 aliphatic rings. The Labute approximate surface area is 113 Å². The fraction of sp³-hybridized carbons (Fsp3) is 0.600. The molecule has 1 aromatic rings. The normalized spacial score (nSPS) is 25.8. The highest BCUT2D eigenvalue weighted by Crippen LogP contribution is 2.40. The zero-order valence-electron chi connectivity index (χ0n) is 11.6. The molecule has 0 amide bonds. The number of aromatic hydroxyl groups is 1. The van der Waals surface area contributed by atoms with Gasteiger partial charge in [-0.25, -0.2) is 0 Å². The van der Waals surface area contributed by atoms with Gasteiger partial charge in [0, 0.05) is 19.1 Å². The largest absolute Gasteiger partial charge is 0.502 e. The average Bonchev–Trinajstić information content (AvgIpc) is 3.02. The minimum absolute atomic E-state index is 0.0803. The standard InChI is InChI=1S/C15H21NO3/c1-18-13-6-11(7-14(19-2)15(13)17)9-16-8-10-3-4-12(16)5-10/h6-7,10,12,17H,3-5,8-9H2,1-2H3. The molecule has 3 rings (SSSR count). The molecule has 104 valence electrons. The van der Waals surface area contributed by atoms with Crippen LogP contribution in [0.15, 0.2) is 12.1 Å². The third-order valence-electron chi connectivity index (χ3n) is 4.45. The monoisotopic (exact) mass is 263 g/mol. The number of benzene rings is 1. The maximum absolute atomic E-state index is 9.92. The van der Waals surface area contributed by atoms with Gasteiger partial charge in [0.15, 0.2) is 11.5 Å². The lowest BCUT2D eigenvalue weighted by molar-refractivity contribution is 0.204. The van der Waals surface area contributed by atoms with Crippen molar-refractivity contribution in [3.8, 4) is 17.2 Å². The first kappa shape index (κ1) is 12.6. The fourth-order valence-electron chi connectivity index (χ4n) is 3.49. The molecule has 1 aliphatic heterocycles. The van der Waals surface area contributed by atoms with Crippen molar-refractivity contribution < 1.29 is 14.6 Å². The van der Waals surface area contributed by atoms with Gasteiger partial charge in [-0.15, -0.1) is 0 Å². The Morgan fingerprint density at radius 3 is 2.37 bits per heavy atom. The molecule has 1 heterocycles. The molecule has 2 unspecified atom stereocenters. The summed E-state index contributed by atoms with van der Waals surface area (Å²) in [7, 11) is 3.13. The van der Waals surface area contributed by atoms with Gasteiger partial charge in [0.1, 0.15) is 0 Å². The third-order valence-corrected chi connectivity index (χ3v) is 4.45. The maximum Gasteiger partial charge on any atom is 0.200 e. The van der Waals surface area contributed by atoms with Crippen molar-refractivity contribution >= 4 is 0 Å². The van der Waals surface area contributed by atoms with Crippen LogP contribution in [0.2, 0.25) is 0 Å². The van der Waals surface area contributed by atoms with Crippen LogP contribution in [0.1, 0.15) is 24.8 Å². The van der Waals surface area contributed by atoms with Gasteiger partial charge in [-0.05, 0) is 42.9 Å². The molecule has 1 aliphatic carbocycles. The van der Waals surface area contributed by atoms with E-state index >= 15 is 0 Å². The average molecular weight is 263 g/mol. The van der Waals surface area contributed by atoms with E-state index in [-0.39, 0.29) is 5.75 Å². The highest BCUT2D eigenvalue weighted by molar-refractivity contribution is 5.52. The van der Waals surface area contributed by atoms with E-state index in [0.717, 1.165) is 24.1 Å². The number of piperidine rings is 1. The SMILES string of the molecule is COc1cc(CN2CC3CCC2C3)cc(OC)c1O. The summed E-state index contributed by atoms with van der Waals surface area (Å²) in [6.45, 7) is 2.12. The minimum atomic E-state index is 0.0803. The number of ether oxygens (including phenoxy) is 2. The summed E-state index contributed by atoms with van der Waals surface area (Å²) >= 11 is 0. The highest BCUT2D eigenvalue weighted by Gasteiger charge is 2.37. The van der Waals surface area contributed by atoms with Crippen molar-refractivity contribution in [1.82, 2.24) is 4.90 Å². The summed E-state index contributed by atoms with van der Waals surface area (Å²) in [6, 6.07) is 4.56. The number of nitrogens with zero attached hydrogens (tertiary/aromatic N) is 1. The first-order valence-electron chi connectivity index (χ1n) is 6.89. The first-order chi connectivity index (χ1) is 9.21. The van der Waals surface area contributed by atoms with Crippen LogP contribution < -0.4 is 9.47 Å². The second-order valence-electron chi connectivity index (χ2n) is 5.61. The molecule has 2 fully saturated rings. The Kier molecular flexibility index (Phi) is 3.27. The predicted octanol–water partition coefficient (Wildman–Crippen LogP) is 2.39. The number of phenols is 1. The van der Waals surface area contributed by atoms with Crippen LogP contribution in [0, 0.1) is 5.92 Å². The van der Waals surface area contributed by atoms with Gasteiger partial charge in [-0.1, -0.05) is 0 Å². The Hall–Kier alpha value is -1.42. The lowest BCUT2D eigenvalue weighted by atomic mass is 10.1. The van der Waals surface area contributed by atoms with Gasteiger partial charge >= 0.3 is 0 Å². The summed E-state index contributed by atoms with van der Waals surface area (Å²) in [5.41, 5.74) is 1.14. The molecule has 1 N–H and O–H groups in total.